The van der Waals surface area contributed by atoms with Gasteiger partial charge in [-0.15, -0.1) is 5.11 Å². The van der Waals surface area contributed by atoms with Crippen LogP contribution in [0.2, 0.25) is 0 Å². The SMILES string of the molecule is c1ccc2c(Nc3ccc4cc3N=N4)ncnc2c1. The van der Waals surface area contributed by atoms with Gasteiger partial charge in [0.15, 0.2) is 0 Å². The van der Waals surface area contributed by atoms with E-state index in [-0.39, 0.29) is 0 Å². The first-order chi connectivity index (χ1) is 9.40. The standard InChI is InChI=1S/C14H9N5/c1-2-4-11-10(3-1)14(16-8-15-11)17-12-6-5-9-7-13(12)19-18-9/h1-8H,(H,15,16,17). The first-order valence-electron chi connectivity index (χ1n) is 5.93. The van der Waals surface area contributed by atoms with Crippen LogP contribution in [0.4, 0.5) is 22.9 Å². The van der Waals surface area contributed by atoms with Crippen molar-refractivity contribution in [2.45, 2.75) is 0 Å². The summed E-state index contributed by atoms with van der Waals surface area (Å²) >= 11 is 0. The predicted molar refractivity (Wildman–Crippen MR) is 73.4 cm³/mol. The van der Waals surface area contributed by atoms with E-state index in [1.54, 1.807) is 6.33 Å². The molecule has 0 amide bonds. The molecule has 1 N–H and O–H groups in total. The Labute approximate surface area is 109 Å². The third-order valence-electron chi connectivity index (χ3n) is 3.05. The van der Waals surface area contributed by atoms with Gasteiger partial charge in [-0.05, 0) is 30.3 Å². The molecule has 2 aromatic carbocycles. The fourth-order valence-electron chi connectivity index (χ4n) is 2.11. The van der Waals surface area contributed by atoms with Crippen LogP contribution in [-0.4, -0.2) is 9.97 Å². The van der Waals surface area contributed by atoms with E-state index >= 15 is 0 Å². The summed E-state index contributed by atoms with van der Waals surface area (Å²) in [6.07, 6.45) is 1.56. The van der Waals surface area contributed by atoms with Crippen LogP contribution in [-0.2, 0) is 0 Å². The van der Waals surface area contributed by atoms with Gasteiger partial charge in [-0.1, -0.05) is 12.1 Å². The number of para-hydroxylation sites is 1. The van der Waals surface area contributed by atoms with Crippen molar-refractivity contribution in [1.82, 2.24) is 9.97 Å². The van der Waals surface area contributed by atoms with E-state index in [0.717, 1.165) is 33.8 Å². The van der Waals surface area contributed by atoms with Crippen molar-refractivity contribution >= 4 is 33.8 Å². The van der Waals surface area contributed by atoms with Gasteiger partial charge >= 0.3 is 0 Å². The summed E-state index contributed by atoms with van der Waals surface area (Å²) in [5.74, 6) is 0.775. The number of fused-ring (bicyclic) bond motifs is 3. The summed E-state index contributed by atoms with van der Waals surface area (Å²) in [5.41, 5.74) is 3.52. The van der Waals surface area contributed by atoms with Crippen LogP contribution in [0.15, 0.2) is 59.0 Å². The Hall–Kier alpha value is -2.82. The fourth-order valence-corrected chi connectivity index (χ4v) is 2.11. The average Bonchev–Trinajstić information content (AvgIpc) is 2.85. The second-order valence-electron chi connectivity index (χ2n) is 4.27. The van der Waals surface area contributed by atoms with Gasteiger partial charge in [-0.25, -0.2) is 9.97 Å². The Bertz CT molecular complexity index is 805. The first kappa shape index (κ1) is 10.1. The number of anilines is 2. The highest BCUT2D eigenvalue weighted by molar-refractivity contribution is 5.91. The van der Waals surface area contributed by atoms with E-state index in [9.17, 15) is 0 Å². The molecule has 3 aromatic rings. The zero-order chi connectivity index (χ0) is 12.7. The highest BCUT2D eigenvalue weighted by atomic mass is 15.2. The quantitative estimate of drug-likeness (QED) is 0.580. The molecule has 0 atom stereocenters. The molecule has 5 heteroatoms. The number of nitrogens with zero attached hydrogens (tertiary/aromatic N) is 4. The Morgan fingerprint density at radius 1 is 0.895 bits per heavy atom. The van der Waals surface area contributed by atoms with Crippen molar-refractivity contribution in [3.63, 3.8) is 0 Å². The Morgan fingerprint density at radius 2 is 1.84 bits per heavy atom. The molecule has 2 heterocycles. The monoisotopic (exact) mass is 247 g/mol. The van der Waals surface area contributed by atoms with E-state index in [4.69, 9.17) is 0 Å². The maximum absolute atomic E-state index is 4.30. The molecule has 0 fully saturated rings. The summed E-state index contributed by atoms with van der Waals surface area (Å²) in [5, 5.41) is 12.4. The van der Waals surface area contributed by atoms with Crippen LogP contribution in [0.1, 0.15) is 0 Å². The minimum absolute atomic E-state index is 0.775. The highest BCUT2D eigenvalue weighted by Gasteiger charge is 2.10. The lowest BCUT2D eigenvalue weighted by Gasteiger charge is -2.08. The molecule has 5 nitrogen and oxygen atoms in total. The van der Waals surface area contributed by atoms with Gasteiger partial charge < -0.3 is 5.32 Å². The van der Waals surface area contributed by atoms with Crippen LogP contribution >= 0.6 is 0 Å². The number of rotatable bonds is 2. The molecule has 0 unspecified atom stereocenters. The largest absolute Gasteiger partial charge is 0.338 e. The van der Waals surface area contributed by atoms with Crippen molar-refractivity contribution in [3.8, 4) is 0 Å². The van der Waals surface area contributed by atoms with Crippen molar-refractivity contribution in [2.75, 3.05) is 5.32 Å². The molecule has 1 aromatic heterocycles. The number of aromatic nitrogens is 2. The molecule has 90 valence electrons. The van der Waals surface area contributed by atoms with E-state index in [2.05, 4.69) is 25.5 Å². The third kappa shape index (κ3) is 1.63. The first-order valence-corrected chi connectivity index (χ1v) is 5.93. The maximum atomic E-state index is 4.30. The Kier molecular flexibility index (Phi) is 2.05. The van der Waals surface area contributed by atoms with Gasteiger partial charge in [-0.3, -0.25) is 0 Å². The van der Waals surface area contributed by atoms with Gasteiger partial charge in [0.25, 0.3) is 0 Å². The molecule has 4 rings (SSSR count). The van der Waals surface area contributed by atoms with Gasteiger partial charge in [0.05, 0.1) is 16.9 Å². The predicted octanol–water partition coefficient (Wildman–Crippen LogP) is 4.10. The summed E-state index contributed by atoms with van der Waals surface area (Å²) in [6.45, 7) is 0. The van der Waals surface area contributed by atoms with Crippen molar-refractivity contribution in [1.29, 1.82) is 0 Å². The third-order valence-corrected chi connectivity index (χ3v) is 3.05. The lowest BCUT2D eigenvalue weighted by molar-refractivity contribution is 1.22. The van der Waals surface area contributed by atoms with E-state index in [1.165, 1.54) is 0 Å². The summed E-state index contributed by atoms with van der Waals surface area (Å²) in [6, 6.07) is 13.7. The van der Waals surface area contributed by atoms with Gasteiger partial charge in [-0.2, -0.15) is 5.11 Å². The second-order valence-corrected chi connectivity index (χ2v) is 4.27. The van der Waals surface area contributed by atoms with Gasteiger partial charge in [0, 0.05) is 5.39 Å². The number of hydrogen-bond donors (Lipinski definition) is 1. The zero-order valence-electron chi connectivity index (χ0n) is 9.91. The van der Waals surface area contributed by atoms with Crippen LogP contribution in [0, 0.1) is 0 Å². The van der Waals surface area contributed by atoms with Crippen molar-refractivity contribution in [2.24, 2.45) is 10.2 Å². The van der Waals surface area contributed by atoms with Crippen molar-refractivity contribution in [3.05, 3.63) is 48.8 Å². The normalized spacial score (nSPS) is 12.0. The molecule has 1 aliphatic heterocycles. The molecule has 0 spiro atoms. The lowest BCUT2D eigenvalue weighted by Crippen LogP contribution is -1.95. The molecule has 19 heavy (non-hydrogen) atoms. The molecule has 0 radical (unpaired) electrons. The van der Waals surface area contributed by atoms with Crippen molar-refractivity contribution < 1.29 is 0 Å². The average molecular weight is 247 g/mol. The molecule has 1 aliphatic rings. The summed E-state index contributed by atoms with van der Waals surface area (Å²) in [4.78, 5) is 8.54. The maximum Gasteiger partial charge on any atom is 0.141 e. The fraction of sp³-hybridized carbons (Fsp3) is 0. The topological polar surface area (TPSA) is 62.5 Å². The highest BCUT2D eigenvalue weighted by Crippen LogP contribution is 2.38. The smallest absolute Gasteiger partial charge is 0.141 e. The van der Waals surface area contributed by atoms with E-state index in [0.29, 0.717) is 0 Å². The molecular formula is C14H9N5. The summed E-state index contributed by atoms with van der Waals surface area (Å²) < 4.78 is 0. The van der Waals surface area contributed by atoms with E-state index < -0.39 is 0 Å². The molecule has 0 saturated carbocycles. The van der Waals surface area contributed by atoms with Gasteiger partial charge in [0.1, 0.15) is 17.8 Å². The molecular weight excluding hydrogens is 238 g/mol. The Morgan fingerprint density at radius 3 is 2.84 bits per heavy atom. The number of azo groups is 1. The number of benzene rings is 2. The molecule has 0 aliphatic carbocycles. The summed E-state index contributed by atoms with van der Waals surface area (Å²) in [7, 11) is 0. The van der Waals surface area contributed by atoms with Gasteiger partial charge in [0.2, 0.25) is 0 Å². The molecule has 2 bridgehead atoms. The lowest BCUT2D eigenvalue weighted by atomic mass is 10.2. The number of nitrogens with one attached hydrogen (secondary N) is 1. The minimum Gasteiger partial charge on any atom is -0.338 e. The zero-order valence-corrected chi connectivity index (χ0v) is 9.91. The van der Waals surface area contributed by atoms with Crippen LogP contribution in [0.3, 0.4) is 0 Å². The van der Waals surface area contributed by atoms with Crippen LogP contribution in [0.25, 0.3) is 10.9 Å². The van der Waals surface area contributed by atoms with E-state index in [1.807, 2.05) is 42.5 Å². The van der Waals surface area contributed by atoms with Crippen LogP contribution in [0.5, 0.6) is 0 Å². The number of hydrogen-bond acceptors (Lipinski definition) is 5. The molecule has 0 saturated heterocycles. The Balaban J connectivity index is 1.82. The van der Waals surface area contributed by atoms with Crippen LogP contribution < -0.4 is 5.32 Å². The second kappa shape index (κ2) is 3.84. The minimum atomic E-state index is 0.775.